The number of carbonyl (C=O) groups is 1. The number of halogens is 1. The number of benzene rings is 1. The molecule has 0 radical (unpaired) electrons. The molecule has 1 aromatic carbocycles. The minimum absolute atomic E-state index is 0.107. The molecule has 3 N–H and O–H groups in total. The van der Waals surface area contributed by atoms with Crippen LogP contribution < -0.4 is 16.2 Å². The van der Waals surface area contributed by atoms with Crippen LogP contribution >= 0.6 is 11.6 Å². The highest BCUT2D eigenvalue weighted by atomic mass is 35.5. The summed E-state index contributed by atoms with van der Waals surface area (Å²) in [7, 11) is 0. The van der Waals surface area contributed by atoms with E-state index in [0.717, 1.165) is 23.3 Å². The smallest absolute Gasteiger partial charge is 0.251 e. The lowest BCUT2D eigenvalue weighted by Gasteiger charge is -2.09. The van der Waals surface area contributed by atoms with E-state index in [2.05, 4.69) is 37.3 Å². The Morgan fingerprint density at radius 1 is 1.12 bits per heavy atom. The molecule has 1 amide bonds. The second-order valence-corrected chi connectivity index (χ2v) is 9.66. The van der Waals surface area contributed by atoms with Crippen LogP contribution in [0.4, 0.5) is 11.5 Å². The third-order valence-corrected chi connectivity index (χ3v) is 6.79. The van der Waals surface area contributed by atoms with Gasteiger partial charge in [-0.2, -0.15) is 0 Å². The summed E-state index contributed by atoms with van der Waals surface area (Å²) in [6.45, 7) is 0.469. The maximum absolute atomic E-state index is 12.7. The molecule has 172 valence electrons. The van der Waals surface area contributed by atoms with Crippen LogP contribution in [0.25, 0.3) is 5.65 Å². The van der Waals surface area contributed by atoms with E-state index in [-0.39, 0.29) is 23.3 Å². The van der Waals surface area contributed by atoms with Crippen LogP contribution in [0.3, 0.4) is 0 Å². The van der Waals surface area contributed by atoms with Gasteiger partial charge in [0.15, 0.2) is 0 Å². The van der Waals surface area contributed by atoms with E-state index in [9.17, 15) is 9.59 Å². The van der Waals surface area contributed by atoms with Gasteiger partial charge in [0.1, 0.15) is 11.5 Å². The standard InChI is InChI=1S/C26H24ClN5O2/c27-18-3-1-2-16(8-18)21-11-22(21)26(34)31-23-9-19(10-25(33)30-23)28-12-20-14-32-13-17(15-4-5-15)6-7-24(32)29-20/h1-3,6-10,13-15,21-22H,4-5,11-12H2,(H3,28,30,31,33,34). The zero-order valence-electron chi connectivity index (χ0n) is 18.4. The summed E-state index contributed by atoms with van der Waals surface area (Å²) in [5, 5.41) is 6.77. The molecule has 6 rings (SSSR count). The number of nitrogens with zero attached hydrogens (tertiary/aromatic N) is 2. The lowest BCUT2D eigenvalue weighted by Crippen LogP contribution is -2.19. The van der Waals surface area contributed by atoms with Gasteiger partial charge in [0.2, 0.25) is 5.91 Å². The highest BCUT2D eigenvalue weighted by molar-refractivity contribution is 6.30. The van der Waals surface area contributed by atoms with Crippen molar-refractivity contribution in [2.45, 2.75) is 37.6 Å². The number of carbonyl (C=O) groups excluding carboxylic acids is 1. The normalized spacial score (nSPS) is 19.2. The van der Waals surface area contributed by atoms with Gasteiger partial charge < -0.3 is 20.0 Å². The Balaban J connectivity index is 1.11. The Morgan fingerprint density at radius 3 is 2.82 bits per heavy atom. The maximum atomic E-state index is 12.7. The molecule has 7 nitrogen and oxygen atoms in total. The van der Waals surface area contributed by atoms with E-state index in [0.29, 0.717) is 29.0 Å². The molecule has 2 saturated carbocycles. The average Bonchev–Trinajstić information content (AvgIpc) is 3.73. The highest BCUT2D eigenvalue weighted by Gasteiger charge is 2.44. The number of fused-ring (bicyclic) bond motifs is 1. The molecular weight excluding hydrogens is 450 g/mol. The summed E-state index contributed by atoms with van der Waals surface area (Å²) in [5.41, 5.74) is 4.53. The molecule has 3 heterocycles. The Morgan fingerprint density at radius 2 is 2.00 bits per heavy atom. The minimum atomic E-state index is -0.286. The first-order valence-corrected chi connectivity index (χ1v) is 11.9. The fraction of sp³-hybridized carbons (Fsp3) is 0.269. The van der Waals surface area contributed by atoms with E-state index in [1.807, 2.05) is 36.5 Å². The second kappa shape index (κ2) is 8.33. The van der Waals surface area contributed by atoms with E-state index in [1.54, 1.807) is 6.07 Å². The Kier molecular flexibility index (Phi) is 5.14. The summed E-state index contributed by atoms with van der Waals surface area (Å²) < 4.78 is 2.06. The monoisotopic (exact) mass is 473 g/mol. The average molecular weight is 474 g/mol. The maximum Gasteiger partial charge on any atom is 0.251 e. The van der Waals surface area contributed by atoms with E-state index >= 15 is 0 Å². The van der Waals surface area contributed by atoms with Gasteiger partial charge in [-0.3, -0.25) is 9.59 Å². The van der Waals surface area contributed by atoms with Crippen molar-refractivity contribution in [3.8, 4) is 0 Å². The first kappa shape index (κ1) is 21.0. The van der Waals surface area contributed by atoms with Gasteiger partial charge in [-0.1, -0.05) is 29.8 Å². The number of aromatic nitrogens is 3. The lowest BCUT2D eigenvalue weighted by molar-refractivity contribution is -0.117. The molecule has 0 saturated heterocycles. The van der Waals surface area contributed by atoms with Crippen LogP contribution in [-0.2, 0) is 11.3 Å². The van der Waals surface area contributed by atoms with Gasteiger partial charge in [-0.25, -0.2) is 4.98 Å². The van der Waals surface area contributed by atoms with Gasteiger partial charge in [-0.05, 0) is 60.4 Å². The predicted molar refractivity (Wildman–Crippen MR) is 132 cm³/mol. The number of anilines is 2. The van der Waals surface area contributed by atoms with E-state index < -0.39 is 0 Å². The third-order valence-electron chi connectivity index (χ3n) is 6.55. The van der Waals surface area contributed by atoms with Crippen molar-refractivity contribution in [3.05, 3.63) is 93.1 Å². The molecule has 8 heteroatoms. The number of hydrogen-bond donors (Lipinski definition) is 3. The van der Waals surface area contributed by atoms with Crippen LogP contribution in [0.5, 0.6) is 0 Å². The molecule has 0 bridgehead atoms. The molecule has 2 unspecified atom stereocenters. The van der Waals surface area contributed by atoms with Crippen molar-refractivity contribution in [1.82, 2.24) is 14.4 Å². The van der Waals surface area contributed by atoms with Crippen molar-refractivity contribution in [2.24, 2.45) is 5.92 Å². The summed E-state index contributed by atoms with van der Waals surface area (Å²) in [4.78, 5) is 32.3. The van der Waals surface area contributed by atoms with Crippen LogP contribution in [0.2, 0.25) is 5.02 Å². The number of H-pyrrole nitrogens is 1. The first-order valence-electron chi connectivity index (χ1n) is 11.5. The second-order valence-electron chi connectivity index (χ2n) is 9.23. The van der Waals surface area contributed by atoms with Crippen LogP contribution in [-0.4, -0.2) is 20.3 Å². The molecule has 2 fully saturated rings. The topological polar surface area (TPSA) is 91.3 Å². The minimum Gasteiger partial charge on any atom is -0.379 e. The van der Waals surface area contributed by atoms with Crippen LogP contribution in [0, 0.1) is 5.92 Å². The third kappa shape index (κ3) is 4.43. The molecule has 2 aliphatic rings. The first-order chi connectivity index (χ1) is 16.5. The zero-order valence-corrected chi connectivity index (χ0v) is 19.2. The van der Waals surface area contributed by atoms with Gasteiger partial charge in [0, 0.05) is 41.2 Å². The molecule has 3 aromatic heterocycles. The largest absolute Gasteiger partial charge is 0.379 e. The van der Waals surface area contributed by atoms with Crippen molar-refractivity contribution in [2.75, 3.05) is 10.6 Å². The van der Waals surface area contributed by atoms with Gasteiger partial charge in [0.05, 0.1) is 12.2 Å². The quantitative estimate of drug-likeness (QED) is 0.355. The predicted octanol–water partition coefficient (Wildman–Crippen LogP) is 4.91. The molecule has 4 aromatic rings. The summed E-state index contributed by atoms with van der Waals surface area (Å²) in [6.07, 6.45) is 7.45. The number of amides is 1. The van der Waals surface area contributed by atoms with E-state index in [1.165, 1.54) is 24.5 Å². The van der Waals surface area contributed by atoms with Crippen molar-refractivity contribution in [3.63, 3.8) is 0 Å². The lowest BCUT2D eigenvalue weighted by atomic mass is 10.1. The number of aromatic amines is 1. The number of nitrogens with one attached hydrogen (secondary N) is 3. The van der Waals surface area contributed by atoms with Gasteiger partial charge >= 0.3 is 0 Å². The molecule has 0 aliphatic heterocycles. The summed E-state index contributed by atoms with van der Waals surface area (Å²) >= 11 is 6.07. The van der Waals surface area contributed by atoms with Gasteiger partial charge in [-0.15, -0.1) is 0 Å². The highest BCUT2D eigenvalue weighted by Crippen LogP contribution is 2.48. The molecule has 0 spiro atoms. The molecule has 2 aliphatic carbocycles. The number of imidazole rings is 1. The van der Waals surface area contributed by atoms with Crippen LogP contribution in [0.1, 0.15) is 47.9 Å². The van der Waals surface area contributed by atoms with Crippen molar-refractivity contribution in [1.29, 1.82) is 0 Å². The number of pyridine rings is 2. The van der Waals surface area contributed by atoms with E-state index in [4.69, 9.17) is 11.6 Å². The Hall–Kier alpha value is -3.58. The number of rotatable bonds is 7. The number of hydrogen-bond acceptors (Lipinski definition) is 4. The summed E-state index contributed by atoms with van der Waals surface area (Å²) in [5.74, 6) is 0.985. The Labute approximate surface area is 201 Å². The fourth-order valence-electron chi connectivity index (χ4n) is 4.53. The Bertz CT molecular complexity index is 1460. The van der Waals surface area contributed by atoms with Gasteiger partial charge in [0.25, 0.3) is 5.56 Å². The van der Waals surface area contributed by atoms with Crippen molar-refractivity contribution >= 4 is 34.7 Å². The molecule has 34 heavy (non-hydrogen) atoms. The fourth-order valence-corrected chi connectivity index (χ4v) is 4.72. The van der Waals surface area contributed by atoms with Crippen LogP contribution in [0.15, 0.2) is 65.7 Å². The SMILES string of the molecule is O=C(Nc1cc(NCc2cn3cc(C4CC4)ccc3n2)cc(=O)[nH]1)C1CC1c1cccc(Cl)c1. The zero-order chi connectivity index (χ0) is 23.2. The molecular formula is C26H24ClN5O2. The molecule has 2 atom stereocenters. The summed E-state index contributed by atoms with van der Waals surface area (Å²) in [6, 6.07) is 15.0. The van der Waals surface area contributed by atoms with Crippen molar-refractivity contribution < 1.29 is 4.79 Å².